The summed E-state index contributed by atoms with van der Waals surface area (Å²) in [4.78, 5) is 23.9. The van der Waals surface area contributed by atoms with E-state index in [1.165, 1.54) is 0 Å². The van der Waals surface area contributed by atoms with Crippen LogP contribution in [0.4, 0.5) is 0 Å². The molecule has 0 radical (unpaired) electrons. The number of carbonyl (C=O) groups excluding carboxylic acids is 1. The fourth-order valence-electron chi connectivity index (χ4n) is 2.59. The number of nitrogens with zero attached hydrogens (tertiary/aromatic N) is 1. The van der Waals surface area contributed by atoms with E-state index < -0.39 is 12.0 Å². The number of amides is 1. The van der Waals surface area contributed by atoms with E-state index in [0.717, 1.165) is 17.4 Å². The molecule has 1 amide bonds. The summed E-state index contributed by atoms with van der Waals surface area (Å²) in [6, 6.07) is 6.77. The maximum absolute atomic E-state index is 12.5. The summed E-state index contributed by atoms with van der Waals surface area (Å²) in [5.41, 5.74) is 1.50. The molecule has 0 saturated heterocycles. The standard InChI is InChI=1S/C17H22N2O3/c1-4-11(3)15(17(21)22)18-16(20)13-10-19(5-2)14-9-7-6-8-12(13)14/h6-11,15H,4-5H2,1-3H3,(H,18,20)(H,21,22). The zero-order valence-corrected chi connectivity index (χ0v) is 13.2. The van der Waals surface area contributed by atoms with E-state index in [1.807, 2.05) is 49.6 Å². The lowest BCUT2D eigenvalue weighted by molar-refractivity contribution is -0.140. The number of benzene rings is 1. The average Bonchev–Trinajstić information content (AvgIpc) is 2.90. The number of carboxylic acid groups (broad SMARTS) is 1. The number of para-hydroxylation sites is 1. The first-order valence-corrected chi connectivity index (χ1v) is 7.61. The maximum atomic E-state index is 12.5. The summed E-state index contributed by atoms with van der Waals surface area (Å²) >= 11 is 0. The molecule has 1 aromatic heterocycles. The van der Waals surface area contributed by atoms with Gasteiger partial charge in [-0.05, 0) is 18.9 Å². The summed E-state index contributed by atoms with van der Waals surface area (Å²) < 4.78 is 1.99. The number of hydrogen-bond acceptors (Lipinski definition) is 2. The minimum absolute atomic E-state index is 0.124. The predicted octanol–water partition coefficient (Wildman–Crippen LogP) is 2.89. The molecule has 0 bridgehead atoms. The summed E-state index contributed by atoms with van der Waals surface area (Å²) in [6.45, 7) is 6.50. The van der Waals surface area contributed by atoms with Crippen molar-refractivity contribution in [2.45, 2.75) is 39.8 Å². The quantitative estimate of drug-likeness (QED) is 0.862. The Morgan fingerprint density at radius 3 is 2.55 bits per heavy atom. The molecule has 0 aliphatic carbocycles. The van der Waals surface area contributed by atoms with Gasteiger partial charge in [-0.15, -0.1) is 0 Å². The van der Waals surface area contributed by atoms with Crippen LogP contribution in [-0.4, -0.2) is 27.6 Å². The monoisotopic (exact) mass is 302 g/mol. The van der Waals surface area contributed by atoms with Crippen molar-refractivity contribution in [3.63, 3.8) is 0 Å². The number of hydrogen-bond donors (Lipinski definition) is 2. The molecule has 1 aromatic carbocycles. The third-order valence-electron chi connectivity index (χ3n) is 4.14. The smallest absolute Gasteiger partial charge is 0.326 e. The Hall–Kier alpha value is -2.30. The third-order valence-corrected chi connectivity index (χ3v) is 4.14. The van der Waals surface area contributed by atoms with Gasteiger partial charge in [-0.2, -0.15) is 0 Å². The molecule has 0 spiro atoms. The summed E-state index contributed by atoms with van der Waals surface area (Å²) in [5, 5.41) is 12.8. The Labute approximate surface area is 129 Å². The molecule has 0 fully saturated rings. The van der Waals surface area contributed by atoms with Gasteiger partial charge < -0.3 is 15.0 Å². The molecule has 2 atom stereocenters. The number of rotatable bonds is 6. The van der Waals surface area contributed by atoms with Crippen LogP contribution in [0.15, 0.2) is 30.5 Å². The van der Waals surface area contributed by atoms with Crippen LogP contribution < -0.4 is 5.32 Å². The minimum atomic E-state index is -0.998. The van der Waals surface area contributed by atoms with E-state index >= 15 is 0 Å². The van der Waals surface area contributed by atoms with E-state index in [4.69, 9.17) is 0 Å². The van der Waals surface area contributed by atoms with Crippen LogP contribution in [0, 0.1) is 5.92 Å². The predicted molar refractivity (Wildman–Crippen MR) is 86.0 cm³/mol. The Morgan fingerprint density at radius 2 is 1.95 bits per heavy atom. The van der Waals surface area contributed by atoms with Gasteiger partial charge >= 0.3 is 5.97 Å². The van der Waals surface area contributed by atoms with Crippen LogP contribution >= 0.6 is 0 Å². The van der Waals surface area contributed by atoms with Gasteiger partial charge in [0.1, 0.15) is 6.04 Å². The van der Waals surface area contributed by atoms with Crippen molar-refractivity contribution < 1.29 is 14.7 Å². The molecule has 0 aliphatic heterocycles. The van der Waals surface area contributed by atoms with Crippen LogP contribution in [0.5, 0.6) is 0 Å². The second-order valence-corrected chi connectivity index (χ2v) is 5.52. The fraction of sp³-hybridized carbons (Fsp3) is 0.412. The molecule has 0 saturated carbocycles. The molecule has 1 heterocycles. The van der Waals surface area contributed by atoms with Crippen LogP contribution in [0.1, 0.15) is 37.6 Å². The maximum Gasteiger partial charge on any atom is 0.326 e. The van der Waals surface area contributed by atoms with Crippen molar-refractivity contribution in [3.8, 4) is 0 Å². The molecule has 5 nitrogen and oxygen atoms in total. The van der Waals surface area contributed by atoms with Gasteiger partial charge in [-0.1, -0.05) is 38.5 Å². The Balaban J connectivity index is 2.35. The van der Waals surface area contributed by atoms with Crippen molar-refractivity contribution in [1.82, 2.24) is 9.88 Å². The van der Waals surface area contributed by atoms with E-state index in [1.54, 1.807) is 6.20 Å². The molecule has 22 heavy (non-hydrogen) atoms. The first-order valence-electron chi connectivity index (χ1n) is 7.61. The lowest BCUT2D eigenvalue weighted by Gasteiger charge is -2.19. The average molecular weight is 302 g/mol. The normalized spacial score (nSPS) is 13.8. The summed E-state index contributed by atoms with van der Waals surface area (Å²) in [5.74, 6) is -1.46. The molecule has 2 aromatic rings. The zero-order valence-electron chi connectivity index (χ0n) is 13.2. The highest BCUT2D eigenvalue weighted by Gasteiger charge is 2.26. The van der Waals surface area contributed by atoms with Gasteiger partial charge in [0.15, 0.2) is 0 Å². The SMILES string of the molecule is CCC(C)C(NC(=O)c1cn(CC)c2ccccc12)C(=O)O. The molecular formula is C17H22N2O3. The molecule has 2 N–H and O–H groups in total. The number of aliphatic carboxylic acids is 1. The number of aromatic nitrogens is 1. The van der Waals surface area contributed by atoms with Gasteiger partial charge in [0.25, 0.3) is 5.91 Å². The Morgan fingerprint density at radius 1 is 1.27 bits per heavy atom. The van der Waals surface area contributed by atoms with E-state index in [2.05, 4.69) is 5.32 Å². The lowest BCUT2D eigenvalue weighted by Crippen LogP contribution is -2.45. The van der Waals surface area contributed by atoms with Crippen molar-refractivity contribution in [3.05, 3.63) is 36.0 Å². The fourth-order valence-corrected chi connectivity index (χ4v) is 2.59. The van der Waals surface area contributed by atoms with Crippen LogP contribution in [0.25, 0.3) is 10.9 Å². The van der Waals surface area contributed by atoms with Gasteiger partial charge in [-0.25, -0.2) is 4.79 Å². The lowest BCUT2D eigenvalue weighted by atomic mass is 9.99. The molecular weight excluding hydrogens is 280 g/mol. The number of carbonyl (C=O) groups is 2. The highest BCUT2D eigenvalue weighted by molar-refractivity contribution is 6.07. The van der Waals surface area contributed by atoms with Crippen molar-refractivity contribution in [1.29, 1.82) is 0 Å². The second kappa shape index (κ2) is 6.64. The van der Waals surface area contributed by atoms with Gasteiger partial charge in [0.05, 0.1) is 5.56 Å². The van der Waals surface area contributed by atoms with Crippen LogP contribution in [0.3, 0.4) is 0 Å². The number of carboxylic acids is 1. The molecule has 0 aliphatic rings. The van der Waals surface area contributed by atoms with Crippen molar-refractivity contribution >= 4 is 22.8 Å². The second-order valence-electron chi connectivity index (χ2n) is 5.52. The minimum Gasteiger partial charge on any atom is -0.480 e. The van der Waals surface area contributed by atoms with Crippen LogP contribution in [-0.2, 0) is 11.3 Å². The summed E-state index contributed by atoms with van der Waals surface area (Å²) in [7, 11) is 0. The highest BCUT2D eigenvalue weighted by atomic mass is 16.4. The summed E-state index contributed by atoms with van der Waals surface area (Å²) in [6.07, 6.45) is 2.48. The van der Waals surface area contributed by atoms with Crippen LogP contribution in [0.2, 0.25) is 0 Å². The van der Waals surface area contributed by atoms with Gasteiger partial charge in [-0.3, -0.25) is 4.79 Å². The van der Waals surface area contributed by atoms with Crippen molar-refractivity contribution in [2.24, 2.45) is 5.92 Å². The van der Waals surface area contributed by atoms with E-state index in [-0.39, 0.29) is 11.8 Å². The van der Waals surface area contributed by atoms with Gasteiger partial charge in [0.2, 0.25) is 0 Å². The topological polar surface area (TPSA) is 71.3 Å². The first kappa shape index (κ1) is 16.1. The van der Waals surface area contributed by atoms with Crippen molar-refractivity contribution in [2.75, 3.05) is 0 Å². The molecule has 5 heteroatoms. The number of nitrogens with one attached hydrogen (secondary N) is 1. The van der Waals surface area contributed by atoms with Gasteiger partial charge in [0, 0.05) is 23.6 Å². The largest absolute Gasteiger partial charge is 0.480 e. The third kappa shape index (κ3) is 2.98. The Kier molecular flexibility index (Phi) is 4.85. The molecule has 2 rings (SSSR count). The molecule has 118 valence electrons. The Bertz CT molecular complexity index is 690. The zero-order chi connectivity index (χ0) is 16.3. The van der Waals surface area contributed by atoms with E-state index in [9.17, 15) is 14.7 Å². The number of aryl methyl sites for hydroxylation is 1. The molecule has 2 unspecified atom stereocenters. The first-order chi connectivity index (χ1) is 10.5. The highest BCUT2D eigenvalue weighted by Crippen LogP contribution is 2.21. The number of fused-ring (bicyclic) bond motifs is 1. The van der Waals surface area contributed by atoms with E-state index in [0.29, 0.717) is 12.0 Å².